The molecule has 0 saturated heterocycles. The molecular formula is C6H8F3N3O2S. The van der Waals surface area contributed by atoms with Crippen LogP contribution in [0.15, 0.2) is 17.3 Å². The first-order chi connectivity index (χ1) is 6.81. The molecule has 0 radical (unpaired) electrons. The fourth-order valence-corrected chi connectivity index (χ4v) is 1.73. The number of hydrogen-bond acceptors (Lipinski definition) is 3. The smallest absolute Gasteiger partial charge is 0.284 e. The molecule has 0 aliphatic heterocycles. The third kappa shape index (κ3) is 3.88. The van der Waals surface area contributed by atoms with Crippen LogP contribution in [-0.2, 0) is 10.0 Å². The number of hydrogen-bond donors (Lipinski definition) is 2. The lowest BCUT2D eigenvalue weighted by molar-refractivity contribution is -0.132. The number of alkyl halides is 3. The molecule has 0 aliphatic rings. The average Bonchev–Trinajstić information content (AvgIpc) is 2.52. The van der Waals surface area contributed by atoms with Gasteiger partial charge in [-0.05, 0) is 0 Å². The third-order valence-electron chi connectivity index (χ3n) is 1.48. The van der Waals surface area contributed by atoms with Gasteiger partial charge in [-0.25, -0.2) is 13.1 Å². The van der Waals surface area contributed by atoms with E-state index in [2.05, 4.69) is 10.2 Å². The first kappa shape index (κ1) is 12.0. The van der Waals surface area contributed by atoms with Gasteiger partial charge >= 0.3 is 6.18 Å². The summed E-state index contributed by atoms with van der Waals surface area (Å²) in [5.41, 5.74) is 0. The van der Waals surface area contributed by atoms with E-state index in [1.807, 2.05) is 4.72 Å². The zero-order chi connectivity index (χ0) is 11.5. The van der Waals surface area contributed by atoms with Crippen molar-refractivity contribution in [2.24, 2.45) is 0 Å². The normalized spacial score (nSPS) is 13.0. The summed E-state index contributed by atoms with van der Waals surface area (Å²) in [7, 11) is -3.88. The van der Waals surface area contributed by atoms with Gasteiger partial charge in [-0.1, -0.05) is 0 Å². The molecule has 15 heavy (non-hydrogen) atoms. The minimum Gasteiger partial charge on any atom is -0.284 e. The number of nitrogens with one attached hydrogen (secondary N) is 2. The van der Waals surface area contributed by atoms with Crippen LogP contribution in [0.3, 0.4) is 0 Å². The Bertz CT molecular complexity index is 398. The molecular weight excluding hydrogens is 235 g/mol. The maximum absolute atomic E-state index is 11.7. The summed E-state index contributed by atoms with van der Waals surface area (Å²) in [6.45, 7) is -0.684. The predicted octanol–water partition coefficient (Wildman–Crippen LogP) is 0.640. The van der Waals surface area contributed by atoms with Crippen LogP contribution in [0.2, 0.25) is 0 Å². The summed E-state index contributed by atoms with van der Waals surface area (Å²) in [5, 5.41) is 5.63. The van der Waals surface area contributed by atoms with E-state index in [0.717, 1.165) is 12.4 Å². The van der Waals surface area contributed by atoms with Crippen molar-refractivity contribution in [1.29, 1.82) is 0 Å². The fourth-order valence-electron chi connectivity index (χ4n) is 0.796. The molecule has 1 heterocycles. The maximum atomic E-state index is 11.7. The van der Waals surface area contributed by atoms with E-state index < -0.39 is 29.2 Å². The van der Waals surface area contributed by atoms with E-state index in [-0.39, 0.29) is 4.90 Å². The summed E-state index contributed by atoms with van der Waals surface area (Å²) >= 11 is 0. The second kappa shape index (κ2) is 4.19. The molecule has 0 amide bonds. The number of aromatic nitrogens is 2. The van der Waals surface area contributed by atoms with Crippen molar-refractivity contribution in [2.75, 3.05) is 6.54 Å². The van der Waals surface area contributed by atoms with Gasteiger partial charge < -0.3 is 0 Å². The van der Waals surface area contributed by atoms with Gasteiger partial charge in [-0.15, -0.1) is 0 Å². The highest BCUT2D eigenvalue weighted by molar-refractivity contribution is 7.89. The monoisotopic (exact) mass is 243 g/mol. The van der Waals surface area contributed by atoms with Crippen LogP contribution in [0.1, 0.15) is 6.42 Å². The molecule has 0 saturated carbocycles. The average molecular weight is 243 g/mol. The van der Waals surface area contributed by atoms with Crippen LogP contribution in [0.4, 0.5) is 13.2 Å². The van der Waals surface area contributed by atoms with Gasteiger partial charge in [0.25, 0.3) is 0 Å². The molecule has 0 unspecified atom stereocenters. The minimum absolute atomic E-state index is 0.190. The molecule has 0 atom stereocenters. The standard InChI is InChI=1S/C6H8F3N3O2S/c7-6(8,9)1-2-12-15(13,14)5-3-10-11-4-5/h3-4,12H,1-2H2,(H,10,11). The number of sulfonamides is 1. The lowest BCUT2D eigenvalue weighted by Gasteiger charge is -2.06. The summed E-state index contributed by atoms with van der Waals surface area (Å²) in [6.07, 6.45) is -3.49. The van der Waals surface area contributed by atoms with Crippen molar-refractivity contribution in [2.45, 2.75) is 17.5 Å². The van der Waals surface area contributed by atoms with E-state index >= 15 is 0 Å². The van der Waals surface area contributed by atoms with E-state index in [9.17, 15) is 21.6 Å². The van der Waals surface area contributed by atoms with Crippen molar-refractivity contribution >= 4 is 10.0 Å². The van der Waals surface area contributed by atoms with Gasteiger partial charge in [0, 0.05) is 12.7 Å². The lowest BCUT2D eigenvalue weighted by atomic mass is 10.4. The Kier molecular flexibility index (Phi) is 3.35. The molecule has 0 spiro atoms. The highest BCUT2D eigenvalue weighted by Gasteiger charge is 2.27. The molecule has 5 nitrogen and oxygen atoms in total. The molecule has 9 heteroatoms. The van der Waals surface area contributed by atoms with Gasteiger partial charge in [-0.2, -0.15) is 18.3 Å². The Morgan fingerprint density at radius 3 is 2.60 bits per heavy atom. The maximum Gasteiger partial charge on any atom is 0.390 e. The number of halogens is 3. The highest BCUT2D eigenvalue weighted by Crippen LogP contribution is 2.18. The quantitative estimate of drug-likeness (QED) is 0.814. The molecule has 0 aliphatic carbocycles. The van der Waals surface area contributed by atoms with E-state index in [4.69, 9.17) is 0 Å². The lowest BCUT2D eigenvalue weighted by Crippen LogP contribution is -2.27. The predicted molar refractivity (Wildman–Crippen MR) is 44.4 cm³/mol. The van der Waals surface area contributed by atoms with Crippen molar-refractivity contribution in [3.05, 3.63) is 12.4 Å². The molecule has 1 aromatic rings. The SMILES string of the molecule is O=S(=O)(NCCC(F)(F)F)c1cn[nH]c1. The van der Waals surface area contributed by atoms with Crippen molar-refractivity contribution in [3.63, 3.8) is 0 Å². The molecule has 0 fully saturated rings. The number of nitrogens with zero attached hydrogens (tertiary/aromatic N) is 1. The Morgan fingerprint density at radius 1 is 1.47 bits per heavy atom. The van der Waals surface area contributed by atoms with Gasteiger partial charge in [0.2, 0.25) is 10.0 Å². The first-order valence-corrected chi connectivity index (χ1v) is 5.35. The molecule has 0 bridgehead atoms. The Hall–Kier alpha value is -1.09. The van der Waals surface area contributed by atoms with Gasteiger partial charge in [0.1, 0.15) is 4.90 Å². The van der Waals surface area contributed by atoms with Gasteiger partial charge in [0.05, 0.1) is 12.6 Å². The van der Waals surface area contributed by atoms with Crippen LogP contribution in [-0.4, -0.2) is 31.3 Å². The number of rotatable bonds is 4. The Balaban J connectivity index is 2.53. The third-order valence-corrected chi connectivity index (χ3v) is 2.91. The van der Waals surface area contributed by atoms with Crippen LogP contribution in [0, 0.1) is 0 Å². The fraction of sp³-hybridized carbons (Fsp3) is 0.500. The van der Waals surface area contributed by atoms with Gasteiger partial charge in [-0.3, -0.25) is 5.10 Å². The summed E-state index contributed by atoms with van der Waals surface area (Å²) in [5.74, 6) is 0. The Labute approximate surface area is 83.7 Å². The number of H-pyrrole nitrogens is 1. The van der Waals surface area contributed by atoms with Crippen LogP contribution in [0.5, 0.6) is 0 Å². The van der Waals surface area contributed by atoms with Crippen molar-refractivity contribution in [3.8, 4) is 0 Å². The molecule has 0 aromatic carbocycles. The summed E-state index contributed by atoms with van der Waals surface area (Å²) < 4.78 is 59.5. The highest BCUT2D eigenvalue weighted by atomic mass is 32.2. The second-order valence-electron chi connectivity index (χ2n) is 2.70. The first-order valence-electron chi connectivity index (χ1n) is 3.86. The zero-order valence-electron chi connectivity index (χ0n) is 7.37. The Morgan fingerprint density at radius 2 is 2.13 bits per heavy atom. The van der Waals surface area contributed by atoms with Gasteiger partial charge in [0.15, 0.2) is 0 Å². The van der Waals surface area contributed by atoms with Crippen molar-refractivity contribution < 1.29 is 21.6 Å². The molecule has 86 valence electrons. The van der Waals surface area contributed by atoms with Crippen LogP contribution >= 0.6 is 0 Å². The largest absolute Gasteiger partial charge is 0.390 e. The van der Waals surface area contributed by atoms with E-state index in [1.54, 1.807) is 0 Å². The topological polar surface area (TPSA) is 74.8 Å². The van der Waals surface area contributed by atoms with Crippen LogP contribution < -0.4 is 4.72 Å². The summed E-state index contributed by atoms with van der Waals surface area (Å²) in [4.78, 5) is -0.190. The zero-order valence-corrected chi connectivity index (χ0v) is 8.19. The minimum atomic E-state index is -4.38. The van der Waals surface area contributed by atoms with E-state index in [1.165, 1.54) is 0 Å². The molecule has 1 rings (SSSR count). The van der Waals surface area contributed by atoms with E-state index in [0.29, 0.717) is 0 Å². The number of aromatic amines is 1. The molecule has 1 aromatic heterocycles. The summed E-state index contributed by atoms with van der Waals surface area (Å²) in [6, 6.07) is 0. The molecule has 2 N–H and O–H groups in total. The van der Waals surface area contributed by atoms with Crippen LogP contribution in [0.25, 0.3) is 0 Å². The van der Waals surface area contributed by atoms with Crippen molar-refractivity contribution in [1.82, 2.24) is 14.9 Å². The second-order valence-corrected chi connectivity index (χ2v) is 4.46.